The molecule has 6 aromatic rings. The van der Waals surface area contributed by atoms with Crippen molar-refractivity contribution in [2.75, 3.05) is 7.11 Å². The van der Waals surface area contributed by atoms with Gasteiger partial charge < -0.3 is 30.5 Å². The number of aromatic carboxylic acids is 1. The van der Waals surface area contributed by atoms with E-state index >= 15 is 0 Å². The summed E-state index contributed by atoms with van der Waals surface area (Å²) in [6.07, 6.45) is -10.9. The van der Waals surface area contributed by atoms with E-state index in [1.165, 1.54) is 43.5 Å². The van der Waals surface area contributed by atoms with E-state index in [-0.39, 0.29) is 116 Å². The maximum atomic E-state index is 14.3. The smallest absolute Gasteiger partial charge is 0.870 e. The maximum absolute atomic E-state index is 14.3. The average molecular weight is 1150 g/mol. The minimum atomic E-state index is -4.83. The first-order valence-electron chi connectivity index (χ1n) is 17.9. The Labute approximate surface area is 449 Å². The minimum Gasteiger partial charge on any atom is -0.870 e. The van der Waals surface area contributed by atoms with E-state index in [4.69, 9.17) is 60.8 Å². The Balaban J connectivity index is 0.000000276. The van der Waals surface area contributed by atoms with Crippen LogP contribution in [0, 0.1) is 0 Å². The SMILES string of the molecule is COC(=O)c1ccc(C2=NOC(c3cc(Cl)cc(Cl)c3)(C(F)(F)F)C2)c2cccc(Br)c12.O.O=C(O)c1ccc(C2=NOC(c3cc(Cl)cc(Cl)c3)(C(F)(F)F)C2)c2cccc(Br)c12.[K+].[OH-]. The summed E-state index contributed by atoms with van der Waals surface area (Å²) >= 11 is 30.5. The van der Waals surface area contributed by atoms with Crippen molar-refractivity contribution in [2.24, 2.45) is 10.3 Å². The zero-order valence-corrected chi connectivity index (χ0v) is 42.8. The molecule has 2 unspecified atom stereocenters. The van der Waals surface area contributed by atoms with Crippen LogP contribution in [0.25, 0.3) is 21.5 Å². The fraction of sp³-hybridized carbons (Fsp3) is 0.163. The molecule has 10 nitrogen and oxygen atoms in total. The number of carbonyl (C=O) groups excluding carboxylic acids is 1. The summed E-state index contributed by atoms with van der Waals surface area (Å²) in [6.45, 7) is 0. The van der Waals surface area contributed by atoms with Gasteiger partial charge in [-0.1, -0.05) is 125 Å². The number of benzene rings is 6. The largest absolute Gasteiger partial charge is 1.00 e. The topological polar surface area (TPSA) is 168 Å². The van der Waals surface area contributed by atoms with Crippen LogP contribution in [0.4, 0.5) is 26.3 Å². The van der Waals surface area contributed by atoms with Gasteiger partial charge in [0.25, 0.3) is 11.2 Å². The van der Waals surface area contributed by atoms with Crippen molar-refractivity contribution in [2.45, 2.75) is 36.4 Å². The molecule has 0 aliphatic carbocycles. The molecule has 0 aromatic heterocycles. The molecule has 66 heavy (non-hydrogen) atoms. The second-order valence-corrected chi connectivity index (χ2v) is 17.5. The van der Waals surface area contributed by atoms with Gasteiger partial charge in [-0.2, -0.15) is 26.3 Å². The van der Waals surface area contributed by atoms with Gasteiger partial charge in [0.1, 0.15) is 0 Å². The maximum Gasteiger partial charge on any atom is 1.00 e. The van der Waals surface area contributed by atoms with Crippen molar-refractivity contribution in [3.8, 4) is 0 Å². The quantitative estimate of drug-likeness (QED) is 0.0984. The van der Waals surface area contributed by atoms with E-state index in [1.54, 1.807) is 36.4 Å². The molecule has 4 N–H and O–H groups in total. The second kappa shape index (κ2) is 21.3. The Morgan fingerprint density at radius 2 is 1.02 bits per heavy atom. The predicted molar refractivity (Wildman–Crippen MR) is 240 cm³/mol. The molecular formula is C43H27Br2Cl4F6KN2O8. The number of alkyl halides is 6. The Morgan fingerprint density at radius 1 is 0.652 bits per heavy atom. The Morgan fingerprint density at radius 3 is 1.36 bits per heavy atom. The summed E-state index contributed by atoms with van der Waals surface area (Å²) in [6, 6.07) is 23.1. The van der Waals surface area contributed by atoms with E-state index in [2.05, 4.69) is 42.2 Å². The first-order valence-corrected chi connectivity index (χ1v) is 21.0. The summed E-state index contributed by atoms with van der Waals surface area (Å²) in [5.74, 6) is -1.73. The number of esters is 1. The number of carbonyl (C=O) groups is 2. The third kappa shape index (κ3) is 10.4. The van der Waals surface area contributed by atoms with Crippen LogP contribution in [0.15, 0.2) is 116 Å². The third-order valence-electron chi connectivity index (χ3n) is 10.3. The molecule has 6 aromatic carbocycles. The van der Waals surface area contributed by atoms with Gasteiger partial charge in [-0.15, -0.1) is 0 Å². The average Bonchev–Trinajstić information content (AvgIpc) is 3.88. The number of fused-ring (bicyclic) bond motifs is 2. The van der Waals surface area contributed by atoms with Crippen LogP contribution in [0.1, 0.15) is 55.8 Å². The van der Waals surface area contributed by atoms with Crippen LogP contribution < -0.4 is 51.4 Å². The van der Waals surface area contributed by atoms with Gasteiger partial charge in [-0.05, 0) is 71.4 Å². The number of ether oxygens (including phenoxy) is 1. The molecule has 2 aliphatic rings. The van der Waals surface area contributed by atoms with Gasteiger partial charge >= 0.3 is 75.7 Å². The number of carboxylic acids is 1. The molecule has 342 valence electrons. The summed E-state index contributed by atoms with van der Waals surface area (Å²) in [5, 5.41) is 19.0. The number of carboxylic acid groups (broad SMARTS) is 1. The fourth-order valence-corrected chi connectivity index (χ4v) is 9.57. The molecule has 0 fully saturated rings. The van der Waals surface area contributed by atoms with Gasteiger partial charge in [-0.25, -0.2) is 9.59 Å². The molecule has 0 saturated heterocycles. The standard InChI is InChI=1S/C22H13BrCl2F3NO3.C21H11BrCl2F3NO3.K.2H2O/c1-31-20(30)16-6-5-14(15-3-2-4-17(23)19(15)16)18-10-21(32-29-18,22(26,27)28)11-7-12(24)9-13(25)8-11;22-16-3-1-2-14-13(4-5-15(18(14)16)19(29)30)17-9-20(31-28-17,21(25,26)27)10-6-11(23)8-12(24)7-10;;;/h2-9H,10H2,1H3;1-8H,9H2,(H,29,30);;2*1H2/q;;+1;;/p-1. The van der Waals surface area contributed by atoms with Crippen LogP contribution in [0.2, 0.25) is 20.1 Å². The van der Waals surface area contributed by atoms with Crippen LogP contribution in [0.5, 0.6) is 0 Å². The number of rotatable bonds is 6. The monoisotopic (exact) mass is 1150 g/mol. The summed E-state index contributed by atoms with van der Waals surface area (Å²) in [7, 11) is 1.25. The van der Waals surface area contributed by atoms with Crippen LogP contribution in [-0.2, 0) is 25.6 Å². The number of halogens is 12. The molecule has 8 rings (SSSR count). The zero-order chi connectivity index (χ0) is 45.8. The zero-order valence-electron chi connectivity index (χ0n) is 33.5. The van der Waals surface area contributed by atoms with Crippen molar-refractivity contribution >= 4 is 123 Å². The van der Waals surface area contributed by atoms with Crippen LogP contribution in [0.3, 0.4) is 0 Å². The number of nitrogens with zero attached hydrogens (tertiary/aromatic N) is 2. The van der Waals surface area contributed by atoms with E-state index in [1.807, 2.05) is 0 Å². The fourth-order valence-electron chi connectivity index (χ4n) is 7.36. The van der Waals surface area contributed by atoms with Crippen LogP contribution in [-0.4, -0.2) is 58.9 Å². The first kappa shape index (κ1) is 55.6. The second-order valence-electron chi connectivity index (χ2n) is 14.0. The first-order chi connectivity index (χ1) is 29.6. The van der Waals surface area contributed by atoms with Gasteiger partial charge in [0.2, 0.25) is 0 Å². The van der Waals surface area contributed by atoms with Crippen molar-refractivity contribution in [3.63, 3.8) is 0 Å². The molecule has 2 heterocycles. The predicted octanol–water partition coefficient (Wildman–Crippen LogP) is 10.5. The van der Waals surface area contributed by atoms with Gasteiger partial charge in [-0.3, -0.25) is 0 Å². The van der Waals surface area contributed by atoms with Crippen molar-refractivity contribution in [1.29, 1.82) is 0 Å². The molecule has 0 radical (unpaired) electrons. The third-order valence-corrected chi connectivity index (χ3v) is 12.5. The Kier molecular flexibility index (Phi) is 17.9. The normalized spacial score (nSPS) is 17.7. The van der Waals surface area contributed by atoms with Gasteiger partial charge in [0.15, 0.2) is 0 Å². The molecule has 0 spiro atoms. The van der Waals surface area contributed by atoms with E-state index < -0.39 is 48.3 Å². The number of hydrogen-bond donors (Lipinski definition) is 1. The molecule has 2 aliphatic heterocycles. The molecule has 0 amide bonds. The van der Waals surface area contributed by atoms with E-state index in [0.29, 0.717) is 41.6 Å². The number of hydrogen-bond acceptors (Lipinski definition) is 8. The van der Waals surface area contributed by atoms with Crippen molar-refractivity contribution < 1.29 is 118 Å². The van der Waals surface area contributed by atoms with Gasteiger partial charge in [0, 0.05) is 74.9 Å². The Bertz CT molecular complexity index is 2910. The minimum absolute atomic E-state index is 0. The molecular weight excluding hydrogens is 1130 g/mol. The number of oxime groups is 2. The molecule has 0 bridgehead atoms. The van der Waals surface area contributed by atoms with Crippen LogP contribution >= 0.6 is 78.3 Å². The summed E-state index contributed by atoms with van der Waals surface area (Å²) in [5.41, 5.74) is -4.96. The van der Waals surface area contributed by atoms with E-state index in [0.717, 1.165) is 24.3 Å². The molecule has 23 heteroatoms. The molecule has 2 atom stereocenters. The van der Waals surface area contributed by atoms with Crippen molar-refractivity contribution in [1.82, 2.24) is 0 Å². The molecule has 0 saturated carbocycles. The van der Waals surface area contributed by atoms with Crippen molar-refractivity contribution in [3.05, 3.63) is 159 Å². The summed E-state index contributed by atoms with van der Waals surface area (Å²) in [4.78, 5) is 34.0. The summed E-state index contributed by atoms with van der Waals surface area (Å²) < 4.78 is 91.5. The van der Waals surface area contributed by atoms with Gasteiger partial charge in [0.05, 0.1) is 29.7 Å². The van der Waals surface area contributed by atoms with E-state index in [9.17, 15) is 41.0 Å². The number of methoxy groups -OCH3 is 1. The Hall–Kier alpha value is -3.02.